The van der Waals surface area contributed by atoms with Gasteiger partial charge in [-0.2, -0.15) is 0 Å². The SMILES string of the molecule is Cc1ccc(NC(C)(C)CCO)cc1Cl. The van der Waals surface area contributed by atoms with Gasteiger partial charge >= 0.3 is 0 Å². The number of aliphatic hydroxyl groups is 1. The molecule has 1 aromatic rings. The minimum atomic E-state index is -0.118. The first-order valence-electron chi connectivity index (χ1n) is 5.10. The Morgan fingerprint density at radius 3 is 2.60 bits per heavy atom. The second kappa shape index (κ2) is 4.86. The van der Waals surface area contributed by atoms with Crippen LogP contribution in [0.15, 0.2) is 18.2 Å². The Morgan fingerprint density at radius 2 is 2.07 bits per heavy atom. The van der Waals surface area contributed by atoms with Gasteiger partial charge in [0.05, 0.1) is 0 Å². The highest BCUT2D eigenvalue weighted by atomic mass is 35.5. The van der Waals surface area contributed by atoms with Crippen LogP contribution in [0, 0.1) is 6.92 Å². The highest BCUT2D eigenvalue weighted by Gasteiger charge is 2.16. The van der Waals surface area contributed by atoms with Crippen molar-refractivity contribution in [1.29, 1.82) is 0 Å². The van der Waals surface area contributed by atoms with E-state index < -0.39 is 0 Å². The Balaban J connectivity index is 2.76. The molecule has 84 valence electrons. The van der Waals surface area contributed by atoms with Gasteiger partial charge in [-0.15, -0.1) is 0 Å². The molecule has 0 saturated heterocycles. The molecule has 1 rings (SSSR count). The summed E-state index contributed by atoms with van der Waals surface area (Å²) in [6.45, 7) is 6.26. The molecule has 0 bridgehead atoms. The van der Waals surface area contributed by atoms with Gasteiger partial charge in [-0.1, -0.05) is 17.7 Å². The quantitative estimate of drug-likeness (QED) is 0.828. The first kappa shape index (κ1) is 12.3. The zero-order valence-corrected chi connectivity index (χ0v) is 10.2. The summed E-state index contributed by atoms with van der Waals surface area (Å²) in [5.41, 5.74) is 1.94. The molecule has 3 heteroatoms. The minimum Gasteiger partial charge on any atom is -0.396 e. The second-order valence-electron chi connectivity index (χ2n) is 4.45. The van der Waals surface area contributed by atoms with Crippen LogP contribution in [0.2, 0.25) is 5.02 Å². The summed E-state index contributed by atoms with van der Waals surface area (Å²) in [6, 6.07) is 5.90. The van der Waals surface area contributed by atoms with Gasteiger partial charge in [-0.05, 0) is 44.9 Å². The highest BCUT2D eigenvalue weighted by molar-refractivity contribution is 6.31. The van der Waals surface area contributed by atoms with E-state index in [-0.39, 0.29) is 12.1 Å². The Hall–Kier alpha value is -0.730. The average molecular weight is 228 g/mol. The summed E-state index contributed by atoms with van der Waals surface area (Å²) in [6.07, 6.45) is 0.707. The molecule has 0 aromatic heterocycles. The summed E-state index contributed by atoms with van der Waals surface area (Å²) in [4.78, 5) is 0. The Morgan fingerprint density at radius 1 is 1.40 bits per heavy atom. The number of rotatable bonds is 4. The van der Waals surface area contributed by atoms with E-state index >= 15 is 0 Å². The fraction of sp³-hybridized carbons (Fsp3) is 0.500. The number of hydrogen-bond donors (Lipinski definition) is 2. The van der Waals surface area contributed by atoms with Gasteiger partial charge in [0.1, 0.15) is 0 Å². The number of benzene rings is 1. The van der Waals surface area contributed by atoms with Crippen molar-refractivity contribution >= 4 is 17.3 Å². The molecule has 0 fully saturated rings. The van der Waals surface area contributed by atoms with Crippen LogP contribution in [0.25, 0.3) is 0 Å². The molecule has 0 heterocycles. The molecule has 0 saturated carbocycles. The summed E-state index contributed by atoms with van der Waals surface area (Å²) in [5.74, 6) is 0. The summed E-state index contributed by atoms with van der Waals surface area (Å²) < 4.78 is 0. The summed E-state index contributed by atoms with van der Waals surface area (Å²) >= 11 is 6.03. The predicted molar refractivity (Wildman–Crippen MR) is 65.6 cm³/mol. The molecule has 0 aliphatic heterocycles. The topological polar surface area (TPSA) is 32.3 Å². The van der Waals surface area contributed by atoms with Gasteiger partial charge in [0.2, 0.25) is 0 Å². The fourth-order valence-electron chi connectivity index (χ4n) is 1.40. The van der Waals surface area contributed by atoms with Crippen molar-refractivity contribution in [3.63, 3.8) is 0 Å². The number of anilines is 1. The van der Waals surface area contributed by atoms with Crippen molar-refractivity contribution in [2.45, 2.75) is 32.7 Å². The van der Waals surface area contributed by atoms with Gasteiger partial charge in [0.15, 0.2) is 0 Å². The largest absolute Gasteiger partial charge is 0.396 e. The van der Waals surface area contributed by atoms with E-state index in [1.165, 1.54) is 0 Å². The zero-order chi connectivity index (χ0) is 11.5. The normalized spacial score (nSPS) is 11.5. The lowest BCUT2D eigenvalue weighted by Gasteiger charge is -2.27. The lowest BCUT2D eigenvalue weighted by Crippen LogP contribution is -2.31. The average Bonchev–Trinajstić information content (AvgIpc) is 2.10. The molecule has 15 heavy (non-hydrogen) atoms. The first-order chi connectivity index (χ1) is 6.94. The zero-order valence-electron chi connectivity index (χ0n) is 9.47. The van der Waals surface area contributed by atoms with Gasteiger partial charge in [0.25, 0.3) is 0 Å². The van der Waals surface area contributed by atoms with Crippen LogP contribution >= 0.6 is 11.6 Å². The maximum absolute atomic E-state index is 8.91. The van der Waals surface area contributed by atoms with Crippen LogP contribution in [0.3, 0.4) is 0 Å². The van der Waals surface area contributed by atoms with E-state index in [0.29, 0.717) is 6.42 Å². The molecule has 0 spiro atoms. The van der Waals surface area contributed by atoms with Crippen molar-refractivity contribution in [2.24, 2.45) is 0 Å². The Labute approximate surface area is 96.3 Å². The van der Waals surface area contributed by atoms with E-state index in [1.807, 2.05) is 25.1 Å². The molecule has 0 aliphatic rings. The number of nitrogens with one attached hydrogen (secondary N) is 1. The smallest absolute Gasteiger partial charge is 0.0455 e. The van der Waals surface area contributed by atoms with Crippen molar-refractivity contribution in [1.82, 2.24) is 0 Å². The lowest BCUT2D eigenvalue weighted by molar-refractivity contribution is 0.261. The van der Waals surface area contributed by atoms with Gasteiger partial charge in [-0.3, -0.25) is 0 Å². The molecule has 1 aromatic carbocycles. The molecular weight excluding hydrogens is 210 g/mol. The minimum absolute atomic E-state index is 0.118. The van der Waals surface area contributed by atoms with Crippen LogP contribution < -0.4 is 5.32 Å². The maximum atomic E-state index is 8.91. The fourth-order valence-corrected chi connectivity index (χ4v) is 1.58. The molecule has 2 nitrogen and oxygen atoms in total. The van der Waals surface area contributed by atoms with Gasteiger partial charge in [-0.25, -0.2) is 0 Å². The lowest BCUT2D eigenvalue weighted by atomic mass is 10.0. The van der Waals surface area contributed by atoms with Gasteiger partial charge in [0, 0.05) is 22.9 Å². The van der Waals surface area contributed by atoms with Crippen molar-refractivity contribution in [2.75, 3.05) is 11.9 Å². The van der Waals surface area contributed by atoms with Gasteiger partial charge < -0.3 is 10.4 Å². The van der Waals surface area contributed by atoms with E-state index in [9.17, 15) is 0 Å². The van der Waals surface area contributed by atoms with Crippen LogP contribution in [-0.4, -0.2) is 17.3 Å². The molecule has 0 atom stereocenters. The second-order valence-corrected chi connectivity index (χ2v) is 4.85. The molecule has 0 amide bonds. The van der Waals surface area contributed by atoms with E-state index in [2.05, 4.69) is 19.2 Å². The van der Waals surface area contributed by atoms with E-state index in [1.54, 1.807) is 0 Å². The number of hydrogen-bond acceptors (Lipinski definition) is 2. The number of halogens is 1. The number of aryl methyl sites for hydroxylation is 1. The molecule has 0 unspecified atom stereocenters. The third-order valence-corrected chi connectivity index (χ3v) is 2.80. The van der Waals surface area contributed by atoms with E-state index in [0.717, 1.165) is 16.3 Å². The van der Waals surface area contributed by atoms with E-state index in [4.69, 9.17) is 16.7 Å². The maximum Gasteiger partial charge on any atom is 0.0455 e. The van der Waals surface area contributed by atoms with Crippen molar-refractivity contribution < 1.29 is 5.11 Å². The van der Waals surface area contributed by atoms with Crippen LogP contribution in [0.1, 0.15) is 25.8 Å². The molecular formula is C12H18ClNO. The summed E-state index contributed by atoms with van der Waals surface area (Å²) in [5, 5.41) is 13.0. The number of aliphatic hydroxyl groups excluding tert-OH is 1. The molecule has 2 N–H and O–H groups in total. The molecule has 0 aliphatic carbocycles. The van der Waals surface area contributed by atoms with Crippen LogP contribution in [-0.2, 0) is 0 Å². The third-order valence-electron chi connectivity index (χ3n) is 2.39. The third kappa shape index (κ3) is 3.73. The highest BCUT2D eigenvalue weighted by Crippen LogP contribution is 2.23. The monoisotopic (exact) mass is 227 g/mol. The van der Waals surface area contributed by atoms with Crippen LogP contribution in [0.5, 0.6) is 0 Å². The summed E-state index contributed by atoms with van der Waals surface area (Å²) in [7, 11) is 0. The van der Waals surface area contributed by atoms with Crippen LogP contribution in [0.4, 0.5) is 5.69 Å². The Kier molecular flexibility index (Phi) is 4.00. The predicted octanol–water partition coefficient (Wildman–Crippen LogP) is 3.22. The Bertz CT molecular complexity index is 336. The molecule has 0 radical (unpaired) electrons. The van der Waals surface area contributed by atoms with Crippen molar-refractivity contribution in [3.05, 3.63) is 28.8 Å². The standard InChI is InChI=1S/C12H18ClNO/c1-9-4-5-10(8-11(9)13)14-12(2,3)6-7-15/h4-5,8,14-15H,6-7H2,1-3H3. The first-order valence-corrected chi connectivity index (χ1v) is 5.47. The van der Waals surface area contributed by atoms with Crippen molar-refractivity contribution in [3.8, 4) is 0 Å².